The number of fused-ring (bicyclic) bond motifs is 5. The van der Waals surface area contributed by atoms with Crippen molar-refractivity contribution in [2.75, 3.05) is 12.3 Å². The third kappa shape index (κ3) is 5.91. The first kappa shape index (κ1) is 29.3. The molecule has 4 rings (SSSR count). The molecule has 216 valence electrons. The third-order valence-corrected chi connectivity index (χ3v) is 6.64. The van der Waals surface area contributed by atoms with E-state index < -0.39 is 83.8 Å². The van der Waals surface area contributed by atoms with Crippen LogP contribution in [0.5, 0.6) is 0 Å². The van der Waals surface area contributed by atoms with Crippen LogP contribution in [-0.4, -0.2) is 44.8 Å². The Bertz CT molecular complexity index is 1340. The summed E-state index contributed by atoms with van der Waals surface area (Å²) in [7, 11) is 0. The van der Waals surface area contributed by atoms with Gasteiger partial charge in [0.15, 0.2) is 5.69 Å². The largest absolute Gasteiger partial charge is 0.426 e. The molecule has 14 heteroatoms. The molecular weight excluding hydrogens is 544 g/mol. The number of carbonyl (C=O) groups excluding carboxylic acids is 1. The van der Waals surface area contributed by atoms with Crippen LogP contribution in [0.1, 0.15) is 55.8 Å². The second-order valence-electron chi connectivity index (χ2n) is 9.74. The molecule has 0 saturated heterocycles. The molecule has 1 aliphatic heterocycles. The maximum Gasteiger partial charge on any atom is 0.426 e. The van der Waals surface area contributed by atoms with Gasteiger partial charge in [-0.15, -0.1) is 10.2 Å². The number of carbonyl (C=O) groups is 1. The number of amides is 1. The predicted molar refractivity (Wildman–Crippen MR) is 130 cm³/mol. The van der Waals surface area contributed by atoms with Crippen LogP contribution in [0.4, 0.5) is 32.0 Å². The predicted octanol–water partition coefficient (Wildman–Crippen LogP) is 5.67. The van der Waals surface area contributed by atoms with Crippen molar-refractivity contribution in [2.45, 2.75) is 70.1 Å². The van der Waals surface area contributed by atoms with Gasteiger partial charge < -0.3 is 19.8 Å². The molecule has 4 bridgehead atoms. The van der Waals surface area contributed by atoms with E-state index in [0.717, 1.165) is 0 Å². The second kappa shape index (κ2) is 11.1. The number of rotatable bonds is 4. The summed E-state index contributed by atoms with van der Waals surface area (Å²) in [6.07, 6.45) is -11.2. The van der Waals surface area contributed by atoms with Crippen molar-refractivity contribution >= 4 is 11.6 Å². The van der Waals surface area contributed by atoms with Crippen molar-refractivity contribution in [3.8, 4) is 11.6 Å². The molecule has 2 aromatic heterocycles. The first-order chi connectivity index (χ1) is 18.7. The Morgan fingerprint density at radius 2 is 1.80 bits per heavy atom. The third-order valence-electron chi connectivity index (χ3n) is 6.64. The van der Waals surface area contributed by atoms with Gasteiger partial charge in [-0.25, -0.2) is 4.98 Å². The molecule has 0 spiro atoms. The molecule has 1 aliphatic rings. The lowest BCUT2D eigenvalue weighted by Crippen LogP contribution is -2.45. The van der Waals surface area contributed by atoms with Crippen LogP contribution in [0.2, 0.25) is 0 Å². The minimum atomic E-state index is -5.03. The molecule has 8 nitrogen and oxygen atoms in total. The van der Waals surface area contributed by atoms with Gasteiger partial charge in [-0.2, -0.15) is 26.3 Å². The Balaban J connectivity index is 1.88. The minimum absolute atomic E-state index is 0.00138. The van der Waals surface area contributed by atoms with E-state index in [1.807, 2.05) is 0 Å². The highest BCUT2D eigenvalue weighted by Crippen LogP contribution is 2.47. The van der Waals surface area contributed by atoms with Crippen LogP contribution in [-0.2, 0) is 34.3 Å². The average Bonchev–Trinajstić information content (AvgIpc) is 3.35. The van der Waals surface area contributed by atoms with Gasteiger partial charge >= 0.3 is 12.4 Å². The summed E-state index contributed by atoms with van der Waals surface area (Å²) >= 11 is 0. The van der Waals surface area contributed by atoms with Crippen LogP contribution in [0, 0.1) is 0 Å². The Labute approximate surface area is 225 Å². The Kier molecular flexibility index (Phi) is 8.11. The summed E-state index contributed by atoms with van der Waals surface area (Å²) < 4.78 is 96.8. The van der Waals surface area contributed by atoms with Crippen molar-refractivity contribution in [3.05, 3.63) is 59.1 Å². The van der Waals surface area contributed by atoms with E-state index >= 15 is 0 Å². The summed E-state index contributed by atoms with van der Waals surface area (Å²) in [5.74, 6) is -2.23. The summed E-state index contributed by atoms with van der Waals surface area (Å²) in [4.78, 5) is 18.3. The van der Waals surface area contributed by atoms with E-state index in [-0.39, 0.29) is 19.4 Å². The Morgan fingerprint density at radius 3 is 2.42 bits per heavy atom. The molecule has 1 unspecified atom stereocenters. The van der Waals surface area contributed by atoms with Crippen molar-refractivity contribution < 1.29 is 40.3 Å². The number of hydrogen-bond acceptors (Lipinski definition) is 7. The molecule has 1 amide bonds. The van der Waals surface area contributed by atoms with E-state index in [4.69, 9.17) is 14.9 Å². The van der Waals surface area contributed by atoms with Crippen molar-refractivity contribution in [1.82, 2.24) is 20.1 Å². The number of nitrogens with two attached hydrogens (primary N) is 1. The summed E-state index contributed by atoms with van der Waals surface area (Å²) in [6, 6.07) is 8.30. The Hall–Kier alpha value is -3.68. The molecule has 40 heavy (non-hydrogen) atoms. The van der Waals surface area contributed by atoms with E-state index in [1.54, 1.807) is 44.2 Å². The maximum absolute atomic E-state index is 14.8. The van der Waals surface area contributed by atoms with Gasteiger partial charge in [0.2, 0.25) is 11.5 Å². The van der Waals surface area contributed by atoms with Crippen LogP contribution < -0.4 is 5.73 Å². The minimum Gasteiger partial charge on any atom is -0.416 e. The van der Waals surface area contributed by atoms with E-state index in [1.165, 1.54) is 4.90 Å². The number of benzene rings is 1. The lowest BCUT2D eigenvalue weighted by Gasteiger charge is -2.33. The zero-order chi connectivity index (χ0) is 29.3. The van der Waals surface area contributed by atoms with Gasteiger partial charge in [0.25, 0.3) is 11.8 Å². The number of alkyl halides is 6. The van der Waals surface area contributed by atoms with Gasteiger partial charge in [0.05, 0.1) is 30.0 Å². The normalized spacial score (nSPS) is 19.1. The van der Waals surface area contributed by atoms with Gasteiger partial charge in [0.1, 0.15) is 0 Å². The molecule has 1 aromatic carbocycles. The zero-order valence-electron chi connectivity index (χ0n) is 21.6. The number of anilines is 1. The fourth-order valence-electron chi connectivity index (χ4n) is 4.54. The molecule has 2 N–H and O–H groups in total. The van der Waals surface area contributed by atoms with Gasteiger partial charge in [-0.3, -0.25) is 4.79 Å². The number of nitrogens with zero attached hydrogens (tertiary/aromatic N) is 4. The van der Waals surface area contributed by atoms with Crippen molar-refractivity contribution in [3.63, 3.8) is 0 Å². The van der Waals surface area contributed by atoms with E-state index in [2.05, 4.69) is 15.2 Å². The summed E-state index contributed by atoms with van der Waals surface area (Å²) in [5.41, 5.74) is 0.305. The number of pyridine rings is 1. The average molecular weight is 572 g/mol. The number of nitrogen functional groups attached to an aromatic ring is 1. The monoisotopic (exact) mass is 571 g/mol. The zero-order valence-corrected chi connectivity index (χ0v) is 21.6. The molecule has 0 radical (unpaired) electrons. The molecule has 0 fully saturated rings. The van der Waals surface area contributed by atoms with Crippen LogP contribution in [0.15, 0.2) is 40.8 Å². The van der Waals surface area contributed by atoms with Crippen LogP contribution in [0.25, 0.3) is 11.6 Å². The van der Waals surface area contributed by atoms with E-state index in [9.17, 15) is 31.1 Å². The van der Waals surface area contributed by atoms with Gasteiger partial charge in [-0.1, -0.05) is 30.3 Å². The number of aromatic nitrogens is 3. The molecular formula is C26H27F6N5O3. The first-order valence-corrected chi connectivity index (χ1v) is 12.5. The second-order valence-corrected chi connectivity index (χ2v) is 9.74. The highest BCUT2D eigenvalue weighted by molar-refractivity contribution is 5.80. The highest BCUT2D eigenvalue weighted by Gasteiger charge is 2.61. The summed E-state index contributed by atoms with van der Waals surface area (Å²) in [6.45, 7) is 2.88. The maximum atomic E-state index is 14.8. The lowest BCUT2D eigenvalue weighted by atomic mass is 9.94. The van der Waals surface area contributed by atoms with Gasteiger partial charge in [-0.05, 0) is 44.7 Å². The topological polar surface area (TPSA) is 107 Å². The lowest BCUT2D eigenvalue weighted by molar-refractivity contribution is -0.300. The fraction of sp³-hybridized carbons (Fsp3) is 0.462. The summed E-state index contributed by atoms with van der Waals surface area (Å²) in [5, 5.41) is 7.25. The SMILES string of the molecule is CC(C)N1CCCCC(OCc2ccccc2)(C(F)(F)F)c2nnc(o2)-c2nc(c(C(F)(F)F)cc2N)CC1=O. The van der Waals surface area contributed by atoms with Crippen LogP contribution >= 0.6 is 0 Å². The molecule has 0 saturated carbocycles. The molecule has 1 atom stereocenters. The number of halogens is 6. The standard InChI is InChI=1S/C26H27F6N5O3/c1-15(2)37-11-7-6-10-24(26(30,31)32,39-14-16-8-4-3-5-9-16)23-36-35-22(40-23)21-18(33)12-17(25(27,28)29)19(34-21)13-20(37)38/h3-5,8-9,12,15H,6-7,10-11,13-14,33H2,1-2H3. The van der Waals surface area contributed by atoms with Crippen molar-refractivity contribution in [2.24, 2.45) is 0 Å². The molecule has 0 aliphatic carbocycles. The Morgan fingerprint density at radius 1 is 1.10 bits per heavy atom. The number of hydrogen-bond donors (Lipinski definition) is 1. The quantitative estimate of drug-likeness (QED) is 0.402. The fourth-order valence-corrected chi connectivity index (χ4v) is 4.54. The highest BCUT2D eigenvalue weighted by atomic mass is 19.4. The molecule has 3 heterocycles. The number of ether oxygens (including phenoxy) is 1. The molecule has 3 aromatic rings. The van der Waals surface area contributed by atoms with Gasteiger partial charge in [0, 0.05) is 12.6 Å². The van der Waals surface area contributed by atoms with Crippen molar-refractivity contribution in [1.29, 1.82) is 0 Å². The first-order valence-electron chi connectivity index (χ1n) is 12.5. The van der Waals surface area contributed by atoms with E-state index in [0.29, 0.717) is 11.6 Å². The smallest absolute Gasteiger partial charge is 0.416 e. The van der Waals surface area contributed by atoms with Crippen LogP contribution in [0.3, 0.4) is 0 Å².